The van der Waals surface area contributed by atoms with E-state index in [4.69, 9.17) is 62.8 Å². The van der Waals surface area contributed by atoms with Crippen LogP contribution < -0.4 is 34.4 Å². The average molecular weight is 659 g/mol. The molecule has 2 saturated heterocycles. The molecule has 0 aromatic heterocycles. The van der Waals surface area contributed by atoms with Crippen LogP contribution in [0.4, 0.5) is 0 Å². The lowest BCUT2D eigenvalue weighted by Crippen LogP contribution is -2.68. The number of aliphatic hydroxyl groups excluding tert-OH is 8. The Morgan fingerprint density at radius 2 is 0.844 bits per heavy atom. The van der Waals surface area contributed by atoms with E-state index in [-0.39, 0.29) is 12.8 Å². The molecule has 20 heteroatoms. The fraction of sp³-hybridized carbons (Fsp3) is 1.00. The largest absolute Gasteiger partial charge is 0.394 e. The average Bonchev–Trinajstić information content (AvgIpc) is 3.00. The van der Waals surface area contributed by atoms with Gasteiger partial charge < -0.3 is 104 Å². The zero-order valence-electron chi connectivity index (χ0n) is 24.6. The molecule has 4 fully saturated rings. The molecule has 0 radical (unpaired) electrons. The summed E-state index contributed by atoms with van der Waals surface area (Å²) in [6.45, 7) is -1.98. The summed E-state index contributed by atoms with van der Waals surface area (Å²) in [7, 11) is 0. The third-order valence-corrected chi connectivity index (χ3v) is 9.09. The Hall–Kier alpha value is -0.800. The highest BCUT2D eigenvalue weighted by Crippen LogP contribution is 2.31. The molecular weight excluding hydrogens is 608 g/mol. The predicted molar refractivity (Wildman–Crippen MR) is 149 cm³/mol. The van der Waals surface area contributed by atoms with Crippen molar-refractivity contribution >= 4 is 0 Å². The summed E-state index contributed by atoms with van der Waals surface area (Å²) in [4.78, 5) is 0. The zero-order chi connectivity index (χ0) is 33.3. The van der Waals surface area contributed by atoms with E-state index in [2.05, 4.69) is 0 Å². The van der Waals surface area contributed by atoms with Crippen LogP contribution in [0.15, 0.2) is 0 Å². The molecule has 0 aromatic carbocycles. The van der Waals surface area contributed by atoms with E-state index in [0.717, 1.165) is 0 Å². The van der Waals surface area contributed by atoms with Crippen molar-refractivity contribution in [2.24, 2.45) is 34.4 Å². The van der Waals surface area contributed by atoms with Gasteiger partial charge >= 0.3 is 0 Å². The summed E-state index contributed by atoms with van der Waals surface area (Å²) in [5, 5.41) is 82.6. The van der Waals surface area contributed by atoms with Crippen LogP contribution in [0.2, 0.25) is 0 Å². The first-order chi connectivity index (χ1) is 21.2. The van der Waals surface area contributed by atoms with Gasteiger partial charge in [-0.2, -0.15) is 0 Å². The number of hydrogen-bond acceptors (Lipinski definition) is 20. The third-order valence-electron chi connectivity index (χ3n) is 9.09. The van der Waals surface area contributed by atoms with Crippen molar-refractivity contribution in [3.63, 3.8) is 0 Å². The van der Waals surface area contributed by atoms with E-state index in [1.807, 2.05) is 0 Å². The molecule has 20 N–H and O–H groups in total. The Morgan fingerprint density at radius 3 is 1.18 bits per heavy atom. The Labute approximate surface area is 259 Å². The van der Waals surface area contributed by atoms with Gasteiger partial charge in [-0.1, -0.05) is 0 Å². The molecule has 2 heterocycles. The predicted octanol–water partition coefficient (Wildman–Crippen LogP) is -9.14. The normalized spacial score (nSPS) is 52.9. The van der Waals surface area contributed by atoms with Crippen LogP contribution in [0.5, 0.6) is 0 Å². The van der Waals surface area contributed by atoms with Crippen LogP contribution in [0.3, 0.4) is 0 Å². The lowest BCUT2D eigenvalue weighted by molar-refractivity contribution is -0.320. The van der Waals surface area contributed by atoms with E-state index in [1.165, 1.54) is 0 Å². The van der Waals surface area contributed by atoms with Gasteiger partial charge in [-0.25, -0.2) is 0 Å². The molecule has 2 saturated carbocycles. The van der Waals surface area contributed by atoms with Crippen molar-refractivity contribution in [2.45, 2.75) is 135 Å². The van der Waals surface area contributed by atoms with Crippen molar-refractivity contribution in [3.05, 3.63) is 0 Å². The van der Waals surface area contributed by atoms with Crippen molar-refractivity contribution < 1.29 is 69.3 Å². The lowest BCUT2D eigenvalue weighted by atomic mass is 9.84. The van der Waals surface area contributed by atoms with E-state index in [9.17, 15) is 40.9 Å². The summed E-state index contributed by atoms with van der Waals surface area (Å²) in [6, 6.07) is -5.64. The second-order valence-corrected chi connectivity index (χ2v) is 12.3. The van der Waals surface area contributed by atoms with Crippen LogP contribution in [0.1, 0.15) is 12.8 Å². The lowest BCUT2D eigenvalue weighted by Gasteiger charge is -2.47. The van der Waals surface area contributed by atoms with E-state index < -0.39 is 142 Å². The minimum Gasteiger partial charge on any atom is -0.394 e. The molecule has 45 heavy (non-hydrogen) atoms. The minimum atomic E-state index is -1.49. The maximum absolute atomic E-state index is 10.8. The Kier molecular flexibility index (Phi) is 12.8. The van der Waals surface area contributed by atoms with Crippen molar-refractivity contribution in [1.82, 2.24) is 0 Å². The number of aliphatic hydroxyl groups is 8. The van der Waals surface area contributed by atoms with Crippen LogP contribution in [0, 0.1) is 0 Å². The number of nitrogens with two attached hydrogens (primary N) is 6. The summed E-state index contributed by atoms with van der Waals surface area (Å²) in [5.41, 5.74) is 36.4. The highest BCUT2D eigenvalue weighted by Gasteiger charge is 2.51. The maximum Gasteiger partial charge on any atom is 0.176 e. The topological polar surface area (TPSA) is 373 Å². The van der Waals surface area contributed by atoms with Gasteiger partial charge in [0.1, 0.15) is 67.8 Å². The monoisotopic (exact) mass is 658 g/mol. The summed E-state index contributed by atoms with van der Waals surface area (Å²) >= 11 is 0. The van der Waals surface area contributed by atoms with Gasteiger partial charge in [0.2, 0.25) is 0 Å². The molecule has 4 rings (SSSR count). The molecule has 20 atom stereocenters. The van der Waals surface area contributed by atoms with Gasteiger partial charge in [-0.05, 0) is 12.8 Å². The zero-order valence-corrected chi connectivity index (χ0v) is 24.6. The fourth-order valence-corrected chi connectivity index (χ4v) is 6.29. The number of hydrogen-bond donors (Lipinski definition) is 14. The molecule has 0 amide bonds. The maximum atomic E-state index is 10.8. The first kappa shape index (κ1) is 37.0. The van der Waals surface area contributed by atoms with Gasteiger partial charge in [-0.3, -0.25) is 0 Å². The SMILES string of the molecule is NC1C[C@@H](N)C(O)[C@@H](O)[C@@H]1O[C@H]1OC(CO)[C@@H](O)[C@H](OCO[C@H]2C(N)[C@H](O[C@H]3C(N)C[C@H](N)C(O)[C@@H]3O)OC(CO)[C@@H]2O)C1N. The molecule has 0 bridgehead atoms. The summed E-state index contributed by atoms with van der Waals surface area (Å²) in [6.07, 6.45) is -18.5. The van der Waals surface area contributed by atoms with Crippen molar-refractivity contribution in [3.8, 4) is 0 Å². The first-order valence-corrected chi connectivity index (χ1v) is 14.9. The fourth-order valence-electron chi connectivity index (χ4n) is 6.29. The molecule has 2 aliphatic heterocycles. The molecule has 20 nitrogen and oxygen atoms in total. The number of rotatable bonds is 10. The quantitative estimate of drug-likeness (QED) is 0.0968. The summed E-state index contributed by atoms with van der Waals surface area (Å²) < 4.78 is 34.3. The van der Waals surface area contributed by atoms with Gasteiger partial charge in [-0.15, -0.1) is 0 Å². The molecular formula is C25H50N6O14. The molecule has 4 aliphatic rings. The third kappa shape index (κ3) is 7.76. The second-order valence-electron chi connectivity index (χ2n) is 12.3. The molecule has 2 aliphatic carbocycles. The first-order valence-electron chi connectivity index (χ1n) is 14.9. The van der Waals surface area contributed by atoms with E-state index in [1.54, 1.807) is 0 Å². The number of ether oxygens (including phenoxy) is 6. The Bertz CT molecular complexity index is 865. The van der Waals surface area contributed by atoms with E-state index in [0.29, 0.717) is 0 Å². The van der Waals surface area contributed by atoms with Gasteiger partial charge in [0.25, 0.3) is 0 Å². The molecule has 0 spiro atoms. The Balaban J connectivity index is 1.41. The second kappa shape index (κ2) is 15.6. The summed E-state index contributed by atoms with van der Waals surface area (Å²) in [5.74, 6) is 0. The standard InChI is InChI=1S/C25H50N6O14/c26-6-1-8(28)20(18(38)14(6)34)44-24-12(30)22(16(36)10(3-32)42-24)40-5-41-23-13(31)25(43-11(4-33)17(23)37)45-21-9(29)2-7(27)15(35)19(21)39/h6-25,32-39H,1-5,26-31H2/t6-,7+,8?,9?,10?,11?,12?,13?,14?,15?,16-,17+,18-,19+,20-,21+,22-,23+,24-,25+. The van der Waals surface area contributed by atoms with Gasteiger partial charge in [0, 0.05) is 24.2 Å². The highest BCUT2D eigenvalue weighted by molar-refractivity contribution is 5.01. The van der Waals surface area contributed by atoms with Gasteiger partial charge in [0.05, 0.1) is 37.5 Å². The van der Waals surface area contributed by atoms with Crippen molar-refractivity contribution in [1.29, 1.82) is 0 Å². The minimum absolute atomic E-state index is 0.123. The molecule has 8 unspecified atom stereocenters. The van der Waals surface area contributed by atoms with Crippen molar-refractivity contribution in [2.75, 3.05) is 20.0 Å². The molecule has 264 valence electrons. The van der Waals surface area contributed by atoms with Crippen LogP contribution in [-0.4, -0.2) is 183 Å². The van der Waals surface area contributed by atoms with Crippen LogP contribution in [0.25, 0.3) is 0 Å². The van der Waals surface area contributed by atoms with Gasteiger partial charge in [0.15, 0.2) is 12.6 Å². The smallest absolute Gasteiger partial charge is 0.176 e. The highest BCUT2D eigenvalue weighted by atomic mass is 16.7. The Morgan fingerprint density at radius 1 is 0.489 bits per heavy atom. The van der Waals surface area contributed by atoms with E-state index >= 15 is 0 Å². The van der Waals surface area contributed by atoms with Crippen LogP contribution >= 0.6 is 0 Å². The van der Waals surface area contributed by atoms with Crippen LogP contribution in [-0.2, 0) is 28.4 Å². The molecule has 0 aromatic rings.